The molecule has 0 radical (unpaired) electrons. The Balaban J connectivity index is 3.20. The molecule has 0 saturated carbocycles. The minimum Gasteiger partial charge on any atom is -0.317 e. The van der Waals surface area contributed by atoms with Crippen molar-refractivity contribution in [2.75, 3.05) is 0 Å². The first-order valence-electron chi connectivity index (χ1n) is 3.27. The van der Waals surface area contributed by atoms with E-state index < -0.39 is 6.43 Å². The SMILES string of the molecule is CCn1c(C(F)F)nc(Br)c1Br. The third-order valence-electron chi connectivity index (χ3n) is 1.41. The molecule has 2 nitrogen and oxygen atoms in total. The fourth-order valence-corrected chi connectivity index (χ4v) is 1.80. The molecule has 6 heteroatoms. The van der Waals surface area contributed by atoms with E-state index in [2.05, 4.69) is 36.8 Å². The van der Waals surface area contributed by atoms with Crippen molar-refractivity contribution in [1.82, 2.24) is 9.55 Å². The van der Waals surface area contributed by atoms with Gasteiger partial charge < -0.3 is 4.57 Å². The number of aromatic nitrogens is 2. The molecule has 0 spiro atoms. The quantitative estimate of drug-likeness (QED) is 0.819. The van der Waals surface area contributed by atoms with Gasteiger partial charge in [-0.2, -0.15) is 0 Å². The Kier molecular flexibility index (Phi) is 3.22. The Morgan fingerprint density at radius 1 is 1.50 bits per heavy atom. The largest absolute Gasteiger partial charge is 0.317 e. The lowest BCUT2D eigenvalue weighted by Crippen LogP contribution is -2.02. The van der Waals surface area contributed by atoms with Gasteiger partial charge in [0.2, 0.25) is 0 Å². The standard InChI is InChI=1S/C6H6Br2F2N2/c1-2-12-4(8)3(7)11-6(12)5(9)10/h5H,2H2,1H3. The second kappa shape index (κ2) is 3.83. The average Bonchev–Trinajstić information content (AvgIpc) is 2.29. The van der Waals surface area contributed by atoms with Crippen molar-refractivity contribution in [3.63, 3.8) is 0 Å². The highest BCUT2D eigenvalue weighted by Gasteiger charge is 2.19. The van der Waals surface area contributed by atoms with Crippen molar-refractivity contribution in [1.29, 1.82) is 0 Å². The van der Waals surface area contributed by atoms with Gasteiger partial charge in [0.15, 0.2) is 5.82 Å². The van der Waals surface area contributed by atoms with Crippen LogP contribution in [-0.4, -0.2) is 9.55 Å². The second-order valence-corrected chi connectivity index (χ2v) is 3.60. The zero-order chi connectivity index (χ0) is 9.30. The van der Waals surface area contributed by atoms with Crippen LogP contribution in [0.3, 0.4) is 0 Å². The molecule has 0 N–H and O–H groups in total. The number of halogens is 4. The van der Waals surface area contributed by atoms with Gasteiger partial charge in [-0.1, -0.05) is 0 Å². The third-order valence-corrected chi connectivity index (χ3v) is 3.30. The lowest BCUT2D eigenvalue weighted by molar-refractivity contribution is 0.135. The van der Waals surface area contributed by atoms with E-state index in [4.69, 9.17) is 0 Å². The van der Waals surface area contributed by atoms with Crippen LogP contribution in [0.5, 0.6) is 0 Å². The topological polar surface area (TPSA) is 17.8 Å². The van der Waals surface area contributed by atoms with E-state index in [0.29, 0.717) is 15.8 Å². The molecule has 0 aliphatic rings. The van der Waals surface area contributed by atoms with E-state index in [1.165, 1.54) is 4.57 Å². The van der Waals surface area contributed by atoms with Gasteiger partial charge in [-0.3, -0.25) is 0 Å². The fraction of sp³-hybridized carbons (Fsp3) is 0.500. The average molecular weight is 304 g/mol. The summed E-state index contributed by atoms with van der Waals surface area (Å²) >= 11 is 6.21. The molecular formula is C6H6Br2F2N2. The maximum absolute atomic E-state index is 12.3. The zero-order valence-electron chi connectivity index (χ0n) is 6.19. The number of alkyl halides is 2. The van der Waals surface area contributed by atoms with Crippen LogP contribution in [0.2, 0.25) is 0 Å². The molecule has 1 aromatic heterocycles. The predicted molar refractivity (Wildman–Crippen MR) is 48.3 cm³/mol. The van der Waals surface area contributed by atoms with Gasteiger partial charge >= 0.3 is 0 Å². The predicted octanol–water partition coefficient (Wildman–Crippen LogP) is 3.37. The molecule has 1 rings (SSSR count). The first-order valence-corrected chi connectivity index (χ1v) is 4.86. The summed E-state index contributed by atoms with van der Waals surface area (Å²) < 4.78 is 26.9. The van der Waals surface area contributed by atoms with Gasteiger partial charge in [-0.15, -0.1) is 0 Å². The normalized spacial score (nSPS) is 11.2. The van der Waals surface area contributed by atoms with Crippen molar-refractivity contribution in [3.05, 3.63) is 15.0 Å². The van der Waals surface area contributed by atoms with Gasteiger partial charge in [0.1, 0.15) is 9.21 Å². The number of hydrogen-bond acceptors (Lipinski definition) is 1. The molecule has 0 amide bonds. The monoisotopic (exact) mass is 302 g/mol. The second-order valence-electron chi connectivity index (χ2n) is 2.10. The number of rotatable bonds is 2. The Morgan fingerprint density at radius 2 is 2.08 bits per heavy atom. The van der Waals surface area contributed by atoms with Crippen molar-refractivity contribution >= 4 is 31.9 Å². The van der Waals surface area contributed by atoms with Gasteiger partial charge in [-0.25, -0.2) is 13.8 Å². The summed E-state index contributed by atoms with van der Waals surface area (Å²) in [6.07, 6.45) is -2.53. The summed E-state index contributed by atoms with van der Waals surface area (Å²) in [5, 5.41) is 0. The summed E-state index contributed by atoms with van der Waals surface area (Å²) in [4.78, 5) is 3.66. The highest BCUT2D eigenvalue weighted by molar-refractivity contribution is 9.13. The molecule has 0 fully saturated rings. The Hall–Kier alpha value is 0.0300. The van der Waals surface area contributed by atoms with E-state index in [0.717, 1.165) is 0 Å². The van der Waals surface area contributed by atoms with Crippen LogP contribution in [0.15, 0.2) is 9.21 Å². The first kappa shape index (κ1) is 10.1. The van der Waals surface area contributed by atoms with E-state index >= 15 is 0 Å². The molecule has 12 heavy (non-hydrogen) atoms. The molecule has 0 saturated heterocycles. The fourth-order valence-electron chi connectivity index (χ4n) is 0.886. The summed E-state index contributed by atoms with van der Waals surface area (Å²) in [7, 11) is 0. The van der Waals surface area contributed by atoms with Gasteiger partial charge in [-0.05, 0) is 38.8 Å². The Bertz CT molecular complexity index is 285. The molecular weight excluding hydrogens is 298 g/mol. The van der Waals surface area contributed by atoms with Crippen molar-refractivity contribution < 1.29 is 8.78 Å². The molecule has 0 atom stereocenters. The minimum absolute atomic E-state index is 0.212. The van der Waals surface area contributed by atoms with E-state index in [1.807, 2.05) is 0 Å². The summed E-state index contributed by atoms with van der Waals surface area (Å²) in [5.41, 5.74) is 0. The maximum atomic E-state index is 12.3. The van der Waals surface area contributed by atoms with Crippen molar-refractivity contribution in [2.24, 2.45) is 0 Å². The van der Waals surface area contributed by atoms with E-state index in [1.54, 1.807) is 6.92 Å². The number of nitrogens with zero attached hydrogens (tertiary/aromatic N) is 2. The lowest BCUT2D eigenvalue weighted by atomic mass is 10.6. The van der Waals surface area contributed by atoms with Crippen LogP contribution < -0.4 is 0 Å². The van der Waals surface area contributed by atoms with Crippen molar-refractivity contribution in [3.8, 4) is 0 Å². The molecule has 68 valence electrons. The molecule has 1 heterocycles. The van der Waals surface area contributed by atoms with Crippen LogP contribution in [0.4, 0.5) is 8.78 Å². The van der Waals surface area contributed by atoms with Gasteiger partial charge in [0.05, 0.1) is 0 Å². The van der Waals surface area contributed by atoms with Crippen LogP contribution in [0.1, 0.15) is 19.2 Å². The number of imidazole rings is 1. The lowest BCUT2D eigenvalue weighted by Gasteiger charge is -2.03. The van der Waals surface area contributed by atoms with Crippen LogP contribution in [0, 0.1) is 0 Å². The van der Waals surface area contributed by atoms with Gasteiger partial charge in [0, 0.05) is 6.54 Å². The van der Waals surface area contributed by atoms with Gasteiger partial charge in [0.25, 0.3) is 6.43 Å². The smallest absolute Gasteiger partial charge is 0.295 e. The van der Waals surface area contributed by atoms with Crippen LogP contribution >= 0.6 is 31.9 Å². The molecule has 0 aromatic carbocycles. The molecule has 0 bridgehead atoms. The number of hydrogen-bond donors (Lipinski definition) is 0. The maximum Gasteiger partial charge on any atom is 0.295 e. The summed E-state index contributed by atoms with van der Waals surface area (Å²) in [5.74, 6) is -0.212. The summed E-state index contributed by atoms with van der Waals surface area (Å²) in [6, 6.07) is 0. The molecule has 0 unspecified atom stereocenters. The summed E-state index contributed by atoms with van der Waals surface area (Å²) in [6.45, 7) is 2.25. The molecule has 1 aromatic rings. The first-order chi connectivity index (χ1) is 5.57. The highest BCUT2D eigenvalue weighted by Crippen LogP contribution is 2.28. The van der Waals surface area contributed by atoms with E-state index in [9.17, 15) is 8.78 Å². The minimum atomic E-state index is -2.53. The van der Waals surface area contributed by atoms with Crippen LogP contribution in [-0.2, 0) is 6.54 Å². The van der Waals surface area contributed by atoms with Crippen molar-refractivity contribution in [2.45, 2.75) is 19.9 Å². The third kappa shape index (κ3) is 1.69. The Labute approximate surface area is 85.2 Å². The molecule has 0 aliphatic heterocycles. The highest BCUT2D eigenvalue weighted by atomic mass is 79.9. The molecule has 0 aliphatic carbocycles. The Morgan fingerprint density at radius 3 is 2.42 bits per heavy atom. The zero-order valence-corrected chi connectivity index (χ0v) is 9.36. The van der Waals surface area contributed by atoms with Crippen LogP contribution in [0.25, 0.3) is 0 Å². The van der Waals surface area contributed by atoms with E-state index in [-0.39, 0.29) is 5.82 Å².